The zero-order chi connectivity index (χ0) is 19.2. The fourth-order valence-corrected chi connectivity index (χ4v) is 3.43. The number of pyridine rings is 1. The zero-order valence-corrected chi connectivity index (χ0v) is 16.7. The Labute approximate surface area is 164 Å². The minimum absolute atomic E-state index is 0.0837. The van der Waals surface area contributed by atoms with E-state index in [2.05, 4.69) is 46.1 Å². The summed E-state index contributed by atoms with van der Waals surface area (Å²) in [6.45, 7) is 0. The number of carbonyl (C=O) groups excluding carboxylic acids is 1. The Morgan fingerprint density at radius 3 is 2.11 bits per heavy atom. The van der Waals surface area contributed by atoms with Crippen LogP contribution in [0.4, 0.5) is 0 Å². The molecule has 0 bridgehead atoms. The van der Waals surface area contributed by atoms with Crippen LogP contribution in [0, 0.1) is 0 Å². The van der Waals surface area contributed by atoms with Crippen molar-refractivity contribution in [1.29, 1.82) is 0 Å². The highest BCUT2D eigenvalue weighted by molar-refractivity contribution is 5.69. The number of nitrogens with zero attached hydrogens (tertiary/aromatic N) is 1. The quantitative estimate of drug-likeness (QED) is 0.305. The van der Waals surface area contributed by atoms with Crippen molar-refractivity contribution in [3.63, 3.8) is 0 Å². The molecule has 0 spiro atoms. The number of aryl methyl sites for hydroxylation is 1. The van der Waals surface area contributed by atoms with Gasteiger partial charge in [-0.05, 0) is 37.0 Å². The van der Waals surface area contributed by atoms with Crippen LogP contribution >= 0.6 is 0 Å². The number of aromatic nitrogens is 1. The van der Waals surface area contributed by atoms with Crippen LogP contribution in [0.15, 0.2) is 48.7 Å². The number of benzene rings is 1. The second-order valence-electron chi connectivity index (χ2n) is 7.13. The van der Waals surface area contributed by atoms with Gasteiger partial charge in [0.25, 0.3) is 0 Å². The molecule has 0 fully saturated rings. The molecular formula is C24H33NO2. The summed E-state index contributed by atoms with van der Waals surface area (Å²) in [6.07, 6.45) is 14.6. The van der Waals surface area contributed by atoms with Crippen LogP contribution in [0.3, 0.4) is 0 Å². The first-order valence-electron chi connectivity index (χ1n) is 10.4. The Bertz CT molecular complexity index is 654. The van der Waals surface area contributed by atoms with Gasteiger partial charge in [-0.15, -0.1) is 0 Å². The van der Waals surface area contributed by atoms with Crippen LogP contribution < -0.4 is 0 Å². The fraction of sp³-hybridized carbons (Fsp3) is 0.500. The Kier molecular flexibility index (Phi) is 10.2. The van der Waals surface area contributed by atoms with Crippen molar-refractivity contribution in [3.8, 4) is 11.3 Å². The SMILES string of the molecule is COC(=O)CCCCCCCCCCCc1ccccc1-c1ccccn1. The van der Waals surface area contributed by atoms with Crippen molar-refractivity contribution >= 4 is 5.97 Å². The number of unbranched alkanes of at least 4 members (excludes halogenated alkanes) is 8. The van der Waals surface area contributed by atoms with Crippen molar-refractivity contribution < 1.29 is 9.53 Å². The summed E-state index contributed by atoms with van der Waals surface area (Å²) in [6, 6.07) is 14.7. The number of hydrogen-bond acceptors (Lipinski definition) is 3. The topological polar surface area (TPSA) is 39.2 Å². The van der Waals surface area contributed by atoms with Crippen LogP contribution in [-0.4, -0.2) is 18.1 Å². The van der Waals surface area contributed by atoms with E-state index in [9.17, 15) is 4.79 Å². The molecule has 0 saturated carbocycles. The number of ether oxygens (including phenoxy) is 1. The number of rotatable bonds is 13. The van der Waals surface area contributed by atoms with Gasteiger partial charge < -0.3 is 4.74 Å². The summed E-state index contributed by atoms with van der Waals surface area (Å²) >= 11 is 0. The molecule has 2 aromatic rings. The van der Waals surface area contributed by atoms with Gasteiger partial charge >= 0.3 is 5.97 Å². The Hall–Kier alpha value is -2.16. The summed E-state index contributed by atoms with van der Waals surface area (Å²) in [4.78, 5) is 15.5. The first kappa shape index (κ1) is 21.1. The van der Waals surface area contributed by atoms with E-state index in [4.69, 9.17) is 0 Å². The number of carbonyl (C=O) groups is 1. The first-order chi connectivity index (χ1) is 13.3. The molecule has 2 rings (SSSR count). The highest BCUT2D eigenvalue weighted by Crippen LogP contribution is 2.23. The molecule has 0 amide bonds. The maximum atomic E-state index is 11.0. The second-order valence-corrected chi connectivity index (χ2v) is 7.13. The zero-order valence-electron chi connectivity index (χ0n) is 16.7. The van der Waals surface area contributed by atoms with Crippen molar-refractivity contribution in [2.75, 3.05) is 7.11 Å². The molecule has 1 heterocycles. The van der Waals surface area contributed by atoms with Gasteiger partial charge in [0.2, 0.25) is 0 Å². The third kappa shape index (κ3) is 8.38. The lowest BCUT2D eigenvalue weighted by Gasteiger charge is -2.09. The predicted octanol–water partition coefficient (Wildman–Crippen LogP) is 6.37. The molecule has 1 aromatic carbocycles. The molecule has 0 aliphatic carbocycles. The van der Waals surface area contributed by atoms with E-state index in [0.29, 0.717) is 6.42 Å². The second kappa shape index (κ2) is 13.1. The molecule has 146 valence electrons. The van der Waals surface area contributed by atoms with Gasteiger partial charge in [-0.2, -0.15) is 0 Å². The van der Waals surface area contributed by atoms with Crippen LogP contribution in [0.25, 0.3) is 11.3 Å². The molecule has 0 unspecified atom stereocenters. The maximum absolute atomic E-state index is 11.0. The Morgan fingerprint density at radius 1 is 0.815 bits per heavy atom. The van der Waals surface area contributed by atoms with Crippen LogP contribution in [0.1, 0.15) is 69.8 Å². The van der Waals surface area contributed by atoms with E-state index in [-0.39, 0.29) is 5.97 Å². The van der Waals surface area contributed by atoms with Gasteiger partial charge in [0, 0.05) is 18.2 Å². The van der Waals surface area contributed by atoms with Gasteiger partial charge in [-0.3, -0.25) is 9.78 Å². The van der Waals surface area contributed by atoms with Crippen molar-refractivity contribution in [2.45, 2.75) is 70.6 Å². The average Bonchev–Trinajstić information content (AvgIpc) is 2.72. The van der Waals surface area contributed by atoms with Gasteiger partial charge in [0.15, 0.2) is 0 Å². The molecular weight excluding hydrogens is 334 g/mol. The smallest absolute Gasteiger partial charge is 0.305 e. The normalized spacial score (nSPS) is 10.7. The highest BCUT2D eigenvalue weighted by Gasteiger charge is 2.05. The standard InChI is InChI=1S/C24H33NO2/c1-27-24(26)19-10-8-6-4-2-3-5-7-9-15-21-16-11-12-17-22(21)23-18-13-14-20-25-23/h11-14,16-18,20H,2-10,15,19H2,1H3. The van der Waals surface area contributed by atoms with Gasteiger partial charge in [-0.1, -0.05) is 75.3 Å². The maximum Gasteiger partial charge on any atom is 0.305 e. The lowest BCUT2D eigenvalue weighted by Crippen LogP contribution is -1.99. The van der Waals surface area contributed by atoms with Crippen molar-refractivity contribution in [1.82, 2.24) is 4.98 Å². The van der Waals surface area contributed by atoms with Gasteiger partial charge in [0.1, 0.15) is 0 Å². The van der Waals surface area contributed by atoms with Crippen LogP contribution in [0.2, 0.25) is 0 Å². The lowest BCUT2D eigenvalue weighted by molar-refractivity contribution is -0.140. The molecule has 3 heteroatoms. The van der Waals surface area contributed by atoms with Crippen LogP contribution in [0.5, 0.6) is 0 Å². The monoisotopic (exact) mass is 367 g/mol. The van der Waals surface area contributed by atoms with Crippen LogP contribution in [-0.2, 0) is 16.0 Å². The van der Waals surface area contributed by atoms with E-state index in [1.165, 1.54) is 63.2 Å². The summed E-state index contributed by atoms with van der Waals surface area (Å²) < 4.78 is 4.65. The third-order valence-corrected chi connectivity index (χ3v) is 5.01. The summed E-state index contributed by atoms with van der Waals surface area (Å²) in [7, 11) is 1.46. The molecule has 3 nitrogen and oxygen atoms in total. The summed E-state index contributed by atoms with van der Waals surface area (Å²) in [5, 5.41) is 0. The van der Waals surface area contributed by atoms with Gasteiger partial charge in [-0.25, -0.2) is 0 Å². The first-order valence-corrected chi connectivity index (χ1v) is 10.4. The van der Waals surface area contributed by atoms with E-state index in [0.717, 1.165) is 25.0 Å². The number of esters is 1. The lowest BCUT2D eigenvalue weighted by atomic mass is 9.98. The molecule has 0 aliphatic rings. The average molecular weight is 368 g/mol. The molecule has 0 atom stereocenters. The molecule has 0 saturated heterocycles. The highest BCUT2D eigenvalue weighted by atomic mass is 16.5. The predicted molar refractivity (Wildman–Crippen MR) is 112 cm³/mol. The van der Waals surface area contributed by atoms with E-state index in [1.807, 2.05) is 12.3 Å². The summed E-state index contributed by atoms with van der Waals surface area (Å²) in [5.74, 6) is -0.0837. The number of methoxy groups -OCH3 is 1. The third-order valence-electron chi connectivity index (χ3n) is 5.01. The van der Waals surface area contributed by atoms with E-state index < -0.39 is 0 Å². The fourth-order valence-electron chi connectivity index (χ4n) is 3.43. The molecule has 0 aliphatic heterocycles. The molecule has 1 aromatic heterocycles. The summed E-state index contributed by atoms with van der Waals surface area (Å²) in [5.41, 5.74) is 3.74. The molecule has 27 heavy (non-hydrogen) atoms. The van der Waals surface area contributed by atoms with Gasteiger partial charge in [0.05, 0.1) is 12.8 Å². The van der Waals surface area contributed by atoms with Crippen molar-refractivity contribution in [3.05, 3.63) is 54.2 Å². The van der Waals surface area contributed by atoms with E-state index >= 15 is 0 Å². The Morgan fingerprint density at radius 2 is 1.44 bits per heavy atom. The van der Waals surface area contributed by atoms with Crippen molar-refractivity contribution in [2.24, 2.45) is 0 Å². The minimum atomic E-state index is -0.0837. The molecule has 0 N–H and O–H groups in total. The number of hydrogen-bond donors (Lipinski definition) is 0. The largest absolute Gasteiger partial charge is 0.469 e. The Balaban J connectivity index is 1.55. The molecule has 0 radical (unpaired) electrons. The van der Waals surface area contributed by atoms with E-state index in [1.54, 1.807) is 0 Å². The minimum Gasteiger partial charge on any atom is -0.469 e.